The summed E-state index contributed by atoms with van der Waals surface area (Å²) in [5.41, 5.74) is -0.732. The highest BCUT2D eigenvalue weighted by molar-refractivity contribution is 6.04. The van der Waals surface area contributed by atoms with Gasteiger partial charge in [0.2, 0.25) is 0 Å². The van der Waals surface area contributed by atoms with E-state index in [0.717, 1.165) is 0 Å². The quantitative estimate of drug-likeness (QED) is 0.342. The minimum atomic E-state index is -0.732. The average molecular weight is 245 g/mol. The van der Waals surface area contributed by atoms with Crippen LogP contribution in [0, 0.1) is 17.8 Å². The first-order chi connectivity index (χ1) is 8.55. The summed E-state index contributed by atoms with van der Waals surface area (Å²) in [6.07, 6.45) is 7.07. The fraction of sp³-hybridized carbons (Fsp3) is 0.462. The summed E-state index contributed by atoms with van der Waals surface area (Å²) in [6, 6.07) is -0.244. The fourth-order valence-corrected chi connectivity index (χ4v) is 3.87. The van der Waals surface area contributed by atoms with E-state index in [4.69, 9.17) is 4.74 Å². The molecule has 0 aromatic rings. The van der Waals surface area contributed by atoms with E-state index in [0.29, 0.717) is 0 Å². The largest absolute Gasteiger partial charge is 0.393 e. The molecule has 0 amide bonds. The minimum Gasteiger partial charge on any atom is -0.393 e. The van der Waals surface area contributed by atoms with Gasteiger partial charge < -0.3 is 9.64 Å². The second-order valence-corrected chi connectivity index (χ2v) is 5.43. The highest BCUT2D eigenvalue weighted by Gasteiger charge is 2.67. The Bertz CT molecular complexity index is 561. The van der Waals surface area contributed by atoms with Gasteiger partial charge in [-0.2, -0.15) is 0 Å². The van der Waals surface area contributed by atoms with Crippen LogP contribution in [0.15, 0.2) is 24.4 Å². The zero-order chi connectivity index (χ0) is 12.7. The molecular weight excluding hydrogens is 234 g/mol. The Morgan fingerprint density at radius 1 is 1.17 bits per heavy atom. The number of carbonyl (C=O) groups is 3. The normalized spacial score (nSPS) is 47.6. The van der Waals surface area contributed by atoms with Crippen molar-refractivity contribution in [1.82, 2.24) is 4.90 Å². The zero-order valence-electron chi connectivity index (χ0n) is 9.70. The lowest BCUT2D eigenvalue weighted by molar-refractivity contribution is -0.153. The molecule has 5 rings (SSSR count). The molecule has 0 saturated carbocycles. The van der Waals surface area contributed by atoms with Gasteiger partial charge in [-0.15, -0.1) is 0 Å². The number of ether oxygens (including phenoxy) is 1. The van der Waals surface area contributed by atoms with Crippen LogP contribution in [-0.2, 0) is 19.1 Å². The van der Waals surface area contributed by atoms with Crippen LogP contribution in [0.2, 0.25) is 0 Å². The Hall–Kier alpha value is -1.91. The molecule has 2 fully saturated rings. The number of hydrogen-bond donors (Lipinski definition) is 0. The first-order valence-electron chi connectivity index (χ1n) is 6.00. The predicted octanol–water partition coefficient (Wildman–Crippen LogP) is 0.0275. The van der Waals surface area contributed by atoms with E-state index in [1.165, 1.54) is 6.08 Å². The molecule has 18 heavy (non-hydrogen) atoms. The van der Waals surface area contributed by atoms with Gasteiger partial charge in [0.1, 0.15) is 5.54 Å². The number of carbonyl (C=O) groups excluding carboxylic acids is 3. The Morgan fingerprint density at radius 2 is 1.89 bits per heavy atom. The van der Waals surface area contributed by atoms with Crippen LogP contribution in [-0.4, -0.2) is 34.2 Å². The Balaban J connectivity index is 1.92. The van der Waals surface area contributed by atoms with E-state index >= 15 is 0 Å². The van der Waals surface area contributed by atoms with Crippen molar-refractivity contribution in [2.45, 2.75) is 18.5 Å². The van der Waals surface area contributed by atoms with Crippen LogP contribution in [0.4, 0.5) is 0 Å². The summed E-state index contributed by atoms with van der Waals surface area (Å²) < 4.78 is 4.75. The van der Waals surface area contributed by atoms with Gasteiger partial charge in [-0.1, -0.05) is 12.2 Å². The summed E-state index contributed by atoms with van der Waals surface area (Å²) in [4.78, 5) is 37.6. The summed E-state index contributed by atoms with van der Waals surface area (Å²) in [5, 5.41) is 0. The van der Waals surface area contributed by atoms with E-state index < -0.39 is 29.3 Å². The minimum absolute atomic E-state index is 0.00699. The molecule has 4 heterocycles. The van der Waals surface area contributed by atoms with Crippen LogP contribution < -0.4 is 0 Å². The predicted molar refractivity (Wildman–Crippen MR) is 58.9 cm³/mol. The summed E-state index contributed by atoms with van der Waals surface area (Å²) in [5.74, 6) is -2.20. The third kappa shape index (κ3) is 0.825. The van der Waals surface area contributed by atoms with E-state index in [-0.39, 0.29) is 17.7 Å². The molecule has 1 aliphatic carbocycles. The highest BCUT2D eigenvalue weighted by atomic mass is 16.6. The molecule has 5 atom stereocenters. The number of esters is 2. The van der Waals surface area contributed by atoms with Crippen molar-refractivity contribution in [3.05, 3.63) is 24.4 Å². The lowest BCUT2D eigenvalue weighted by Crippen LogP contribution is -2.66. The van der Waals surface area contributed by atoms with E-state index in [1.807, 2.05) is 24.0 Å². The molecule has 0 unspecified atom stereocenters. The van der Waals surface area contributed by atoms with Gasteiger partial charge in [0.25, 0.3) is 0 Å². The number of hydrogen-bond acceptors (Lipinski definition) is 5. The standard InChI is InChI=1S/C13H11NO4/c1-13-6-2-3-7(14(13)5-4-8(13)15)10-9(6)11(16)18-12(10)17/h2-7,9-10H,1H3/t6-,7+,9+,10-,13-/m1/s1. The van der Waals surface area contributed by atoms with Crippen molar-refractivity contribution in [2.75, 3.05) is 0 Å². The molecule has 0 spiro atoms. The molecule has 4 aliphatic heterocycles. The number of cyclic esters (lactones) is 2. The average Bonchev–Trinajstić information content (AvgIpc) is 2.82. The maximum Gasteiger partial charge on any atom is 0.319 e. The smallest absolute Gasteiger partial charge is 0.319 e. The molecule has 5 heteroatoms. The third-order valence-corrected chi connectivity index (χ3v) is 4.79. The summed E-state index contributed by atoms with van der Waals surface area (Å²) in [7, 11) is 0. The van der Waals surface area contributed by atoms with Gasteiger partial charge >= 0.3 is 11.9 Å². The lowest BCUT2D eigenvalue weighted by Gasteiger charge is -2.54. The first kappa shape index (κ1) is 10.1. The second-order valence-electron chi connectivity index (χ2n) is 5.43. The van der Waals surface area contributed by atoms with Gasteiger partial charge in [0.15, 0.2) is 5.78 Å². The summed E-state index contributed by atoms with van der Waals surface area (Å²) >= 11 is 0. The van der Waals surface area contributed by atoms with Crippen molar-refractivity contribution >= 4 is 17.7 Å². The molecule has 5 nitrogen and oxygen atoms in total. The molecular formula is C13H11NO4. The maximum absolute atomic E-state index is 12.1. The van der Waals surface area contributed by atoms with Crippen molar-refractivity contribution in [3.63, 3.8) is 0 Å². The molecule has 2 saturated heterocycles. The second kappa shape index (κ2) is 2.74. The molecule has 2 bridgehead atoms. The van der Waals surface area contributed by atoms with Crippen molar-refractivity contribution in [1.29, 1.82) is 0 Å². The number of rotatable bonds is 0. The Labute approximate surface area is 103 Å². The highest BCUT2D eigenvalue weighted by Crippen LogP contribution is 2.53. The lowest BCUT2D eigenvalue weighted by atomic mass is 9.61. The maximum atomic E-state index is 12.1. The topological polar surface area (TPSA) is 63.7 Å². The monoisotopic (exact) mass is 245 g/mol. The summed E-state index contributed by atoms with van der Waals surface area (Å²) in [6.45, 7) is 1.84. The molecule has 5 aliphatic rings. The molecule has 0 radical (unpaired) electrons. The molecule has 92 valence electrons. The number of nitrogens with zero attached hydrogens (tertiary/aromatic N) is 1. The van der Waals surface area contributed by atoms with Gasteiger partial charge in [-0.25, -0.2) is 0 Å². The van der Waals surface area contributed by atoms with Crippen molar-refractivity contribution < 1.29 is 19.1 Å². The SMILES string of the molecule is C[C@@]12C(=O)C=CN1[C@H]1C=C[C@@H]2[C@@H]2C(=O)OC(=O)[C@@H]21. The van der Waals surface area contributed by atoms with Crippen LogP contribution in [0.1, 0.15) is 6.92 Å². The van der Waals surface area contributed by atoms with Gasteiger partial charge in [-0.3, -0.25) is 14.4 Å². The van der Waals surface area contributed by atoms with Crippen LogP contribution in [0.25, 0.3) is 0 Å². The fourth-order valence-electron chi connectivity index (χ4n) is 3.87. The van der Waals surface area contributed by atoms with Gasteiger partial charge in [0, 0.05) is 12.1 Å². The zero-order valence-corrected chi connectivity index (χ0v) is 9.70. The molecule has 0 N–H and O–H groups in total. The van der Waals surface area contributed by atoms with Crippen LogP contribution in [0.3, 0.4) is 0 Å². The van der Waals surface area contributed by atoms with E-state index in [2.05, 4.69) is 0 Å². The molecule has 0 aromatic carbocycles. The van der Waals surface area contributed by atoms with Crippen molar-refractivity contribution in [2.24, 2.45) is 17.8 Å². The Kier molecular flexibility index (Phi) is 1.53. The number of piperidine rings is 1. The van der Waals surface area contributed by atoms with E-state index in [9.17, 15) is 14.4 Å². The van der Waals surface area contributed by atoms with Crippen LogP contribution in [0.5, 0.6) is 0 Å². The van der Waals surface area contributed by atoms with E-state index in [1.54, 1.807) is 6.20 Å². The third-order valence-electron chi connectivity index (χ3n) is 4.79. The first-order valence-corrected chi connectivity index (χ1v) is 6.00. The number of ketones is 1. The van der Waals surface area contributed by atoms with Gasteiger partial charge in [-0.05, 0) is 13.0 Å². The Morgan fingerprint density at radius 3 is 2.67 bits per heavy atom. The molecule has 0 aromatic heterocycles. The van der Waals surface area contributed by atoms with Crippen molar-refractivity contribution in [3.8, 4) is 0 Å². The van der Waals surface area contributed by atoms with Gasteiger partial charge in [0.05, 0.1) is 17.9 Å². The van der Waals surface area contributed by atoms with Crippen LogP contribution >= 0.6 is 0 Å².